The fraction of sp³-hybridized carbons (Fsp3) is 0.321. The molecule has 4 rings (SSSR count). The van der Waals surface area contributed by atoms with Crippen LogP contribution in [0.25, 0.3) is 16.3 Å². The Hall–Kier alpha value is -3.52. The number of nitrogens with one attached hydrogen (secondary N) is 2. The fourth-order valence-electron chi connectivity index (χ4n) is 4.32. The van der Waals surface area contributed by atoms with Crippen LogP contribution in [-0.2, 0) is 12.6 Å². The maximum absolute atomic E-state index is 13.4. The Bertz CT molecular complexity index is 1260. The zero-order chi connectivity index (χ0) is 25.7. The zero-order valence-electron chi connectivity index (χ0n) is 20.4. The number of nitrogens with zero attached hydrogens (tertiary/aromatic N) is 1. The molecule has 0 saturated carbocycles. The number of allylic oxidation sites excluding steroid dienone is 2. The van der Waals surface area contributed by atoms with Crippen LogP contribution >= 0.6 is 0 Å². The van der Waals surface area contributed by atoms with Crippen LogP contribution in [0.3, 0.4) is 0 Å². The Balaban J connectivity index is 1.51. The van der Waals surface area contributed by atoms with E-state index in [0.717, 1.165) is 39.8 Å². The fourth-order valence-corrected chi connectivity index (χ4v) is 4.32. The molecule has 8 heteroatoms. The summed E-state index contributed by atoms with van der Waals surface area (Å²) in [6.07, 6.45) is -1.53. The van der Waals surface area contributed by atoms with Crippen LogP contribution < -0.4 is 15.4 Å². The second-order valence-corrected chi connectivity index (χ2v) is 8.89. The molecule has 2 amide bonds. The van der Waals surface area contributed by atoms with Gasteiger partial charge in [-0.3, -0.25) is 0 Å². The van der Waals surface area contributed by atoms with Crippen LogP contribution in [0.2, 0.25) is 0 Å². The minimum absolute atomic E-state index is 0.294. The number of anilines is 1. The number of amides is 2. The number of piperazine rings is 1. The first-order chi connectivity index (χ1) is 17.2. The molecule has 0 radical (unpaired) electrons. The summed E-state index contributed by atoms with van der Waals surface area (Å²) < 4.78 is 45.4. The number of alkyl halides is 3. The van der Waals surface area contributed by atoms with E-state index < -0.39 is 11.7 Å². The van der Waals surface area contributed by atoms with Gasteiger partial charge in [0.05, 0.1) is 12.7 Å². The van der Waals surface area contributed by atoms with Gasteiger partial charge in [0.15, 0.2) is 0 Å². The molecular weight excluding hydrogens is 467 g/mol. The van der Waals surface area contributed by atoms with Crippen molar-refractivity contribution in [2.75, 3.05) is 38.6 Å². The second-order valence-electron chi connectivity index (χ2n) is 8.89. The van der Waals surface area contributed by atoms with Crippen molar-refractivity contribution < 1.29 is 22.7 Å². The van der Waals surface area contributed by atoms with Gasteiger partial charge in [0.25, 0.3) is 0 Å². The number of carbonyl (C=O) groups excluding carboxylic acids is 1. The largest absolute Gasteiger partial charge is 0.497 e. The Morgan fingerprint density at radius 2 is 1.78 bits per heavy atom. The van der Waals surface area contributed by atoms with Gasteiger partial charge in [0.1, 0.15) is 5.75 Å². The molecule has 0 spiro atoms. The predicted octanol–water partition coefficient (Wildman–Crippen LogP) is 6.34. The lowest BCUT2D eigenvalue weighted by Crippen LogP contribution is -2.48. The van der Waals surface area contributed by atoms with Crippen molar-refractivity contribution in [2.24, 2.45) is 0 Å². The maximum atomic E-state index is 13.4. The minimum Gasteiger partial charge on any atom is -0.497 e. The van der Waals surface area contributed by atoms with Crippen molar-refractivity contribution in [1.82, 2.24) is 10.2 Å². The smallest absolute Gasteiger partial charge is 0.416 e. The van der Waals surface area contributed by atoms with Gasteiger partial charge in [0.2, 0.25) is 0 Å². The molecule has 0 atom stereocenters. The normalized spacial score (nSPS) is 14.7. The number of urea groups is 1. The van der Waals surface area contributed by atoms with Gasteiger partial charge in [0, 0.05) is 31.9 Å². The summed E-state index contributed by atoms with van der Waals surface area (Å²) in [4.78, 5) is 14.3. The molecule has 2 N–H and O–H groups in total. The predicted molar refractivity (Wildman–Crippen MR) is 137 cm³/mol. The van der Waals surface area contributed by atoms with E-state index in [0.29, 0.717) is 50.3 Å². The topological polar surface area (TPSA) is 53.6 Å². The van der Waals surface area contributed by atoms with Crippen molar-refractivity contribution in [3.05, 3.63) is 77.4 Å². The molecule has 3 aromatic rings. The molecule has 1 fully saturated rings. The number of rotatable bonds is 6. The lowest BCUT2D eigenvalue weighted by atomic mass is 9.99. The lowest BCUT2D eigenvalue weighted by molar-refractivity contribution is -0.137. The molecule has 0 aromatic heterocycles. The third-order valence-electron chi connectivity index (χ3n) is 6.45. The third kappa shape index (κ3) is 6.18. The van der Waals surface area contributed by atoms with Crippen LogP contribution in [0.4, 0.5) is 23.7 Å². The maximum Gasteiger partial charge on any atom is 0.416 e. The van der Waals surface area contributed by atoms with Crippen molar-refractivity contribution in [1.29, 1.82) is 0 Å². The van der Waals surface area contributed by atoms with E-state index in [1.807, 2.05) is 43.3 Å². The van der Waals surface area contributed by atoms with Crippen molar-refractivity contribution in [3.63, 3.8) is 0 Å². The first kappa shape index (κ1) is 25.6. The quantitative estimate of drug-likeness (QED) is 0.418. The summed E-state index contributed by atoms with van der Waals surface area (Å²) in [5.74, 6) is 0.795. The van der Waals surface area contributed by atoms with Gasteiger partial charge < -0.3 is 20.3 Å². The highest BCUT2D eigenvalue weighted by molar-refractivity contribution is 5.90. The molecule has 190 valence electrons. The van der Waals surface area contributed by atoms with Crippen LogP contribution in [0.5, 0.6) is 5.75 Å². The Morgan fingerprint density at radius 3 is 2.50 bits per heavy atom. The molecule has 1 saturated heterocycles. The van der Waals surface area contributed by atoms with E-state index in [1.165, 1.54) is 6.07 Å². The number of benzene rings is 3. The highest BCUT2D eigenvalue weighted by atomic mass is 19.4. The van der Waals surface area contributed by atoms with Crippen molar-refractivity contribution in [3.8, 4) is 5.75 Å². The standard InChI is InChI=1S/C28H30F3N3O2/c1-19(20-6-7-22-18-25(36-2)10-8-21(22)16-20)4-3-5-23-17-24(28(29,30)31)9-11-26(23)33-27(35)34-14-12-32-13-15-34/h4,6-11,16-18,32H,3,5,12-15H2,1-2H3,(H,33,35)/b19-4+. The van der Waals surface area contributed by atoms with Gasteiger partial charge in [-0.1, -0.05) is 24.3 Å². The first-order valence-electron chi connectivity index (χ1n) is 12.0. The average molecular weight is 498 g/mol. The molecule has 0 aliphatic carbocycles. The van der Waals surface area contributed by atoms with Gasteiger partial charge in [-0.25, -0.2) is 4.79 Å². The molecule has 3 aromatic carbocycles. The lowest BCUT2D eigenvalue weighted by Gasteiger charge is -2.28. The van der Waals surface area contributed by atoms with Gasteiger partial charge >= 0.3 is 12.2 Å². The highest BCUT2D eigenvalue weighted by Gasteiger charge is 2.31. The summed E-state index contributed by atoms with van der Waals surface area (Å²) >= 11 is 0. The molecule has 1 aliphatic rings. The molecule has 36 heavy (non-hydrogen) atoms. The molecule has 5 nitrogen and oxygen atoms in total. The van der Waals surface area contributed by atoms with E-state index >= 15 is 0 Å². The Kier molecular flexibility index (Phi) is 7.84. The average Bonchev–Trinajstić information content (AvgIpc) is 2.88. The number of halogens is 3. The van der Waals surface area contributed by atoms with E-state index in [9.17, 15) is 18.0 Å². The number of hydrogen-bond acceptors (Lipinski definition) is 3. The van der Waals surface area contributed by atoms with Crippen molar-refractivity contribution in [2.45, 2.75) is 25.9 Å². The first-order valence-corrected chi connectivity index (χ1v) is 12.0. The summed E-state index contributed by atoms with van der Waals surface area (Å²) in [7, 11) is 1.63. The van der Waals surface area contributed by atoms with Crippen molar-refractivity contribution >= 4 is 28.1 Å². The summed E-state index contributed by atoms with van der Waals surface area (Å²) in [6, 6.07) is 15.2. The molecule has 1 heterocycles. The van der Waals surface area contributed by atoms with Gasteiger partial charge in [-0.05, 0) is 83.6 Å². The van der Waals surface area contributed by atoms with Crippen LogP contribution in [-0.4, -0.2) is 44.2 Å². The van der Waals surface area contributed by atoms with E-state index in [1.54, 1.807) is 12.0 Å². The van der Waals surface area contributed by atoms with Crippen LogP contribution in [0.1, 0.15) is 30.0 Å². The molecule has 0 bridgehead atoms. The summed E-state index contributed by atoms with van der Waals surface area (Å²) in [6.45, 7) is 4.49. The van der Waals surface area contributed by atoms with E-state index in [-0.39, 0.29) is 6.03 Å². The van der Waals surface area contributed by atoms with Gasteiger partial charge in [-0.2, -0.15) is 13.2 Å². The number of aryl methyl sites for hydroxylation is 1. The number of fused-ring (bicyclic) bond motifs is 1. The van der Waals surface area contributed by atoms with E-state index in [2.05, 4.69) is 16.7 Å². The van der Waals surface area contributed by atoms with Gasteiger partial charge in [-0.15, -0.1) is 0 Å². The highest BCUT2D eigenvalue weighted by Crippen LogP contribution is 2.33. The third-order valence-corrected chi connectivity index (χ3v) is 6.45. The summed E-state index contributed by atoms with van der Waals surface area (Å²) in [5, 5.41) is 8.15. The van der Waals surface area contributed by atoms with Crippen LogP contribution in [0, 0.1) is 0 Å². The van der Waals surface area contributed by atoms with E-state index in [4.69, 9.17) is 4.74 Å². The zero-order valence-corrected chi connectivity index (χ0v) is 20.4. The Labute approximate surface area is 208 Å². The molecule has 1 aliphatic heterocycles. The Morgan fingerprint density at radius 1 is 1.06 bits per heavy atom. The summed E-state index contributed by atoms with van der Waals surface area (Å²) in [5.41, 5.74) is 2.23. The number of carbonyl (C=O) groups is 1. The second kappa shape index (κ2) is 11.0. The minimum atomic E-state index is -4.45. The monoisotopic (exact) mass is 497 g/mol. The number of methoxy groups -OCH3 is 1. The number of ether oxygens (including phenoxy) is 1. The van der Waals surface area contributed by atoms with Crippen LogP contribution in [0.15, 0.2) is 60.7 Å². The molecule has 0 unspecified atom stereocenters. The molecular formula is C28H30F3N3O2. The SMILES string of the molecule is COc1ccc2cc(/C(C)=C/CCc3cc(C(F)(F)F)ccc3NC(=O)N3CCNCC3)ccc2c1. The number of hydrogen-bond donors (Lipinski definition) is 2.